The van der Waals surface area contributed by atoms with E-state index in [4.69, 9.17) is 4.74 Å². The number of hydrogen-bond acceptors (Lipinski definition) is 2. The van der Waals surface area contributed by atoms with Gasteiger partial charge < -0.3 is 9.84 Å². The highest BCUT2D eigenvalue weighted by atomic mass is 79.9. The normalized spacial score (nSPS) is 26.0. The standard InChI is InChI=1S/C29H40O.C28H38O.BBr3/c1-4-5-22-6-8-23(9-7-22)24-10-12-25(13-11-24)26-14-16-27(17-15-26)29-19-18-28(30-3)20-21(29)2;1-3-4-21-5-7-22(8-6-21)23-9-11-24(12-10-23)25-13-15-26(16-14-25)28-18-17-27(29)19-20(28)2;2-1(3)4/h14-20,22-25H,4-13H2,1-3H3;13-19,21-24,29H,3-12H2,1-2H3;. The van der Waals surface area contributed by atoms with Crippen molar-refractivity contribution in [2.75, 3.05) is 7.11 Å². The van der Waals surface area contributed by atoms with E-state index in [1.165, 1.54) is 162 Å². The minimum absolute atomic E-state index is 0.271. The Kier molecular flexibility index (Phi) is 20.6. The number of aryl methyl sites for hydroxylation is 2. The first kappa shape index (κ1) is 50.4. The number of ether oxygens (including phenoxy) is 1. The molecule has 342 valence electrons. The Labute approximate surface area is 408 Å². The van der Waals surface area contributed by atoms with Gasteiger partial charge in [0.1, 0.15) is 11.5 Å². The molecule has 4 saturated carbocycles. The van der Waals surface area contributed by atoms with Gasteiger partial charge in [-0.1, -0.05) is 126 Å². The van der Waals surface area contributed by atoms with Crippen molar-refractivity contribution in [3.05, 3.63) is 107 Å². The highest BCUT2D eigenvalue weighted by Crippen LogP contribution is 2.46. The Morgan fingerprint density at radius 2 is 0.841 bits per heavy atom. The maximum atomic E-state index is 9.65. The van der Waals surface area contributed by atoms with Crippen LogP contribution in [0.1, 0.15) is 176 Å². The second kappa shape index (κ2) is 25.8. The first-order valence-electron chi connectivity index (χ1n) is 25.1. The molecule has 0 atom stereocenters. The molecule has 4 fully saturated rings. The fourth-order valence-electron chi connectivity index (χ4n) is 12.5. The summed E-state index contributed by atoms with van der Waals surface area (Å²) >= 11 is 9.31. The lowest BCUT2D eigenvalue weighted by atomic mass is 9.68. The Morgan fingerprint density at radius 1 is 0.492 bits per heavy atom. The zero-order chi connectivity index (χ0) is 44.7. The Morgan fingerprint density at radius 3 is 1.17 bits per heavy atom. The average molecular weight is 1050 g/mol. The van der Waals surface area contributed by atoms with Crippen LogP contribution in [-0.4, -0.2) is 15.4 Å². The largest absolute Gasteiger partial charge is 0.508 e. The van der Waals surface area contributed by atoms with Crippen LogP contribution in [0.3, 0.4) is 0 Å². The lowest BCUT2D eigenvalue weighted by Gasteiger charge is -2.38. The fourth-order valence-corrected chi connectivity index (χ4v) is 12.5. The third-order valence-corrected chi connectivity index (χ3v) is 16.1. The van der Waals surface area contributed by atoms with Crippen LogP contribution < -0.4 is 4.74 Å². The number of phenolic OH excluding ortho intramolecular Hbond substituents is 1. The molecular formula is C57H78BBr3O2. The van der Waals surface area contributed by atoms with Gasteiger partial charge in [0.15, 0.2) is 0 Å². The van der Waals surface area contributed by atoms with Gasteiger partial charge in [0.2, 0.25) is 0 Å². The van der Waals surface area contributed by atoms with Gasteiger partial charge in [-0.25, -0.2) is 0 Å². The van der Waals surface area contributed by atoms with Gasteiger partial charge in [-0.2, -0.15) is 0 Å². The van der Waals surface area contributed by atoms with Crippen molar-refractivity contribution >= 4 is 50.5 Å². The van der Waals surface area contributed by atoms with Gasteiger partial charge in [-0.15, -0.1) is 47.3 Å². The highest BCUT2D eigenvalue weighted by Gasteiger charge is 2.32. The monoisotopic (exact) mass is 1040 g/mol. The number of rotatable bonds is 11. The molecule has 8 rings (SSSR count). The molecule has 4 aliphatic carbocycles. The van der Waals surface area contributed by atoms with E-state index >= 15 is 0 Å². The van der Waals surface area contributed by atoms with Crippen molar-refractivity contribution in [3.8, 4) is 33.8 Å². The molecule has 0 unspecified atom stereocenters. The summed E-state index contributed by atoms with van der Waals surface area (Å²) in [6.07, 6.45) is 29.0. The van der Waals surface area contributed by atoms with Crippen LogP contribution in [-0.2, 0) is 0 Å². The summed E-state index contributed by atoms with van der Waals surface area (Å²) < 4.78 is 5.62. The van der Waals surface area contributed by atoms with Crippen molar-refractivity contribution in [2.24, 2.45) is 35.5 Å². The summed E-state index contributed by atoms with van der Waals surface area (Å²) in [4.78, 5) is 0. The molecular weight excluding hydrogens is 967 g/mol. The summed E-state index contributed by atoms with van der Waals surface area (Å²) in [5.41, 5.74) is 10.6. The van der Waals surface area contributed by atoms with Gasteiger partial charge in [0.25, 0.3) is 0 Å². The molecule has 0 bridgehead atoms. The molecule has 2 nitrogen and oxygen atoms in total. The molecule has 4 aromatic carbocycles. The van der Waals surface area contributed by atoms with E-state index in [1.807, 2.05) is 12.1 Å². The molecule has 0 aromatic heterocycles. The van der Waals surface area contributed by atoms with E-state index in [1.54, 1.807) is 18.7 Å². The van der Waals surface area contributed by atoms with Gasteiger partial charge in [0.05, 0.1) is 7.11 Å². The first-order valence-corrected chi connectivity index (χ1v) is 27.9. The second-order valence-corrected chi connectivity index (χ2v) is 26.5. The molecule has 4 aromatic rings. The third kappa shape index (κ3) is 15.0. The number of aromatic hydroxyl groups is 1. The summed E-state index contributed by atoms with van der Waals surface area (Å²) in [5, 5.41) is 9.65. The predicted octanol–water partition coefficient (Wildman–Crippen LogP) is 19.0. The molecule has 0 radical (unpaired) electrons. The van der Waals surface area contributed by atoms with Gasteiger partial charge in [-0.05, 0) is 207 Å². The van der Waals surface area contributed by atoms with Crippen molar-refractivity contribution in [1.82, 2.24) is 0 Å². The van der Waals surface area contributed by atoms with E-state index in [2.05, 4.69) is 142 Å². The number of hydrogen-bond donors (Lipinski definition) is 1. The summed E-state index contributed by atoms with van der Waals surface area (Å²) in [5.74, 6) is 8.91. The van der Waals surface area contributed by atoms with Crippen LogP contribution in [0.4, 0.5) is 0 Å². The minimum Gasteiger partial charge on any atom is -0.508 e. The highest BCUT2D eigenvalue weighted by molar-refractivity contribution is 9.69. The lowest BCUT2D eigenvalue weighted by Crippen LogP contribution is -2.25. The summed E-state index contributed by atoms with van der Waals surface area (Å²) in [6.45, 7) is 8.92. The van der Waals surface area contributed by atoms with Crippen molar-refractivity contribution in [1.29, 1.82) is 0 Å². The van der Waals surface area contributed by atoms with Crippen LogP contribution in [0, 0.1) is 49.4 Å². The molecule has 0 heterocycles. The smallest absolute Gasteiger partial charge is 0.369 e. The topological polar surface area (TPSA) is 29.5 Å². The van der Waals surface area contributed by atoms with E-state index in [0.717, 1.165) is 58.7 Å². The SMILES string of the molecule is BrB(Br)Br.CCCC1CCC(C2CCC(c3ccc(-c4ccc(O)cc4C)cc3)CC2)CC1.CCCC1CCC(C2CCC(c3ccc(-c4ccc(OC)cc4C)cc3)CC2)CC1. The maximum Gasteiger partial charge on any atom is 0.369 e. The van der Waals surface area contributed by atoms with Crippen molar-refractivity contribution in [2.45, 2.75) is 168 Å². The Balaban J connectivity index is 0.000000194. The number of methoxy groups -OCH3 is 1. The van der Waals surface area contributed by atoms with Crippen LogP contribution in [0.2, 0.25) is 0 Å². The van der Waals surface area contributed by atoms with Crippen LogP contribution in [0.5, 0.6) is 11.5 Å². The van der Waals surface area contributed by atoms with Crippen LogP contribution in [0.15, 0.2) is 84.9 Å². The zero-order valence-electron chi connectivity index (χ0n) is 39.4. The van der Waals surface area contributed by atoms with Gasteiger partial charge >= 0.3 is 3.18 Å². The van der Waals surface area contributed by atoms with Crippen molar-refractivity contribution in [3.63, 3.8) is 0 Å². The van der Waals surface area contributed by atoms with Gasteiger partial charge in [-0.3, -0.25) is 0 Å². The summed E-state index contributed by atoms with van der Waals surface area (Å²) in [7, 11) is 1.73. The Hall–Kier alpha value is -2.02. The molecule has 0 aliphatic heterocycles. The molecule has 4 aliphatic rings. The van der Waals surface area contributed by atoms with E-state index in [9.17, 15) is 5.11 Å². The molecule has 63 heavy (non-hydrogen) atoms. The first-order chi connectivity index (χ1) is 30.5. The van der Waals surface area contributed by atoms with Crippen molar-refractivity contribution < 1.29 is 9.84 Å². The molecule has 0 saturated heterocycles. The average Bonchev–Trinajstić information content (AvgIpc) is 3.30. The number of benzene rings is 4. The van der Waals surface area contributed by atoms with E-state index in [0.29, 0.717) is 5.75 Å². The third-order valence-electron chi connectivity index (χ3n) is 16.1. The van der Waals surface area contributed by atoms with E-state index < -0.39 is 0 Å². The lowest BCUT2D eigenvalue weighted by molar-refractivity contribution is 0.156. The molecule has 0 amide bonds. The molecule has 6 heteroatoms. The molecule has 1 N–H and O–H groups in total. The number of phenols is 1. The van der Waals surface area contributed by atoms with Gasteiger partial charge in [0, 0.05) is 0 Å². The van der Waals surface area contributed by atoms with E-state index in [-0.39, 0.29) is 3.18 Å². The Bertz CT molecular complexity index is 1910. The molecule has 0 spiro atoms. The maximum absolute atomic E-state index is 9.65. The second-order valence-electron chi connectivity index (χ2n) is 20.0. The van der Waals surface area contributed by atoms with Crippen LogP contribution >= 0.6 is 47.3 Å². The zero-order valence-corrected chi connectivity index (χ0v) is 44.2. The number of halogens is 3. The fraction of sp³-hybridized carbons (Fsp3) is 0.579. The van der Waals surface area contributed by atoms with Crippen LogP contribution in [0.25, 0.3) is 22.3 Å². The summed E-state index contributed by atoms with van der Waals surface area (Å²) in [6, 6.07) is 30.7. The quantitative estimate of drug-likeness (QED) is 0.152. The predicted molar refractivity (Wildman–Crippen MR) is 284 cm³/mol. The minimum atomic E-state index is 0.271.